The van der Waals surface area contributed by atoms with E-state index in [0.29, 0.717) is 16.4 Å². The van der Waals surface area contributed by atoms with Crippen molar-refractivity contribution in [3.05, 3.63) is 50.6 Å². The normalized spacial score (nSPS) is 10.8. The fourth-order valence-electron chi connectivity index (χ4n) is 1.63. The van der Waals surface area contributed by atoms with E-state index in [1.165, 1.54) is 11.3 Å². The van der Waals surface area contributed by atoms with Gasteiger partial charge < -0.3 is 9.47 Å². The highest BCUT2D eigenvalue weighted by molar-refractivity contribution is 9.11. The first-order valence-corrected chi connectivity index (χ1v) is 7.44. The number of carbonyl (C=O) groups is 1. The molecule has 0 unspecified atom stereocenters. The van der Waals surface area contributed by atoms with Gasteiger partial charge in [-0.1, -0.05) is 6.08 Å². The lowest BCUT2D eigenvalue weighted by molar-refractivity contribution is 0.105. The SMILES string of the molecule is COc1cc(/C=C/C(=O)c2ccc(Br)s2)cc(OC)c1. The zero-order valence-corrected chi connectivity index (χ0v) is 13.5. The van der Waals surface area contributed by atoms with Crippen LogP contribution < -0.4 is 9.47 Å². The van der Waals surface area contributed by atoms with E-state index in [9.17, 15) is 4.79 Å². The Balaban J connectivity index is 2.20. The molecular weight excluding hydrogens is 340 g/mol. The molecule has 1 heterocycles. The average Bonchev–Trinajstić information content (AvgIpc) is 2.91. The van der Waals surface area contributed by atoms with Crippen LogP contribution in [0.4, 0.5) is 0 Å². The summed E-state index contributed by atoms with van der Waals surface area (Å²) in [6.45, 7) is 0. The third-order valence-electron chi connectivity index (χ3n) is 2.62. The molecule has 0 bridgehead atoms. The molecule has 0 aliphatic heterocycles. The van der Waals surface area contributed by atoms with Gasteiger partial charge in [0, 0.05) is 6.07 Å². The molecule has 5 heteroatoms. The number of thiophene rings is 1. The molecule has 0 fully saturated rings. The highest BCUT2D eigenvalue weighted by Gasteiger charge is 2.05. The number of ketones is 1. The van der Waals surface area contributed by atoms with Crippen molar-refractivity contribution in [2.45, 2.75) is 0 Å². The van der Waals surface area contributed by atoms with Crippen LogP contribution in [0.2, 0.25) is 0 Å². The second-order valence-corrected chi connectivity index (χ2v) is 6.41. The topological polar surface area (TPSA) is 35.5 Å². The average molecular weight is 353 g/mol. The Kier molecular flexibility index (Phi) is 4.98. The monoisotopic (exact) mass is 352 g/mol. The quantitative estimate of drug-likeness (QED) is 0.590. The van der Waals surface area contributed by atoms with E-state index in [4.69, 9.17) is 9.47 Å². The van der Waals surface area contributed by atoms with Crippen molar-refractivity contribution in [3.8, 4) is 11.5 Å². The molecule has 0 spiro atoms. The van der Waals surface area contributed by atoms with Crippen molar-refractivity contribution in [1.82, 2.24) is 0 Å². The van der Waals surface area contributed by atoms with Crippen LogP contribution in [0.25, 0.3) is 6.08 Å². The summed E-state index contributed by atoms with van der Waals surface area (Å²) in [5.74, 6) is 1.35. The second-order valence-electron chi connectivity index (χ2n) is 3.95. The molecule has 2 aromatic rings. The van der Waals surface area contributed by atoms with Gasteiger partial charge in [-0.15, -0.1) is 11.3 Å². The standard InChI is InChI=1S/C15H13BrO3S/c1-18-11-7-10(8-12(9-11)19-2)3-4-13(17)14-5-6-15(16)20-14/h3-9H,1-2H3/b4-3+. The van der Waals surface area contributed by atoms with Crippen LogP contribution >= 0.6 is 27.3 Å². The maximum atomic E-state index is 12.0. The highest BCUT2D eigenvalue weighted by Crippen LogP contribution is 2.25. The Morgan fingerprint density at radius 2 is 1.80 bits per heavy atom. The van der Waals surface area contributed by atoms with Crippen molar-refractivity contribution in [3.63, 3.8) is 0 Å². The summed E-state index contributed by atoms with van der Waals surface area (Å²) in [4.78, 5) is 12.7. The zero-order valence-electron chi connectivity index (χ0n) is 11.1. The van der Waals surface area contributed by atoms with Crippen LogP contribution in [0.3, 0.4) is 0 Å². The molecule has 0 saturated heterocycles. The van der Waals surface area contributed by atoms with Crippen LogP contribution in [0.1, 0.15) is 15.2 Å². The molecule has 2 rings (SSSR count). The third-order valence-corrected chi connectivity index (χ3v) is 4.26. The summed E-state index contributed by atoms with van der Waals surface area (Å²) in [5, 5.41) is 0. The molecule has 0 saturated carbocycles. The van der Waals surface area contributed by atoms with Gasteiger partial charge in [0.1, 0.15) is 11.5 Å². The molecule has 0 N–H and O–H groups in total. The van der Waals surface area contributed by atoms with Gasteiger partial charge in [-0.2, -0.15) is 0 Å². The minimum atomic E-state index is -0.0255. The first-order chi connectivity index (χ1) is 9.62. The van der Waals surface area contributed by atoms with E-state index in [0.717, 1.165) is 9.35 Å². The van der Waals surface area contributed by atoms with Crippen LogP contribution in [0.5, 0.6) is 11.5 Å². The van der Waals surface area contributed by atoms with Gasteiger partial charge in [-0.3, -0.25) is 4.79 Å². The molecule has 20 heavy (non-hydrogen) atoms. The lowest BCUT2D eigenvalue weighted by Crippen LogP contribution is -1.90. The molecule has 0 atom stereocenters. The minimum absolute atomic E-state index is 0.0255. The minimum Gasteiger partial charge on any atom is -0.497 e. The molecule has 0 aliphatic carbocycles. The van der Waals surface area contributed by atoms with Crippen molar-refractivity contribution < 1.29 is 14.3 Å². The number of allylic oxidation sites excluding steroid dienone is 1. The van der Waals surface area contributed by atoms with E-state index < -0.39 is 0 Å². The molecule has 0 radical (unpaired) electrons. The molecular formula is C15H13BrO3S. The molecule has 0 aliphatic rings. The van der Waals surface area contributed by atoms with Crippen molar-refractivity contribution in [2.75, 3.05) is 14.2 Å². The Bertz CT molecular complexity index is 624. The van der Waals surface area contributed by atoms with Gasteiger partial charge in [0.2, 0.25) is 0 Å². The van der Waals surface area contributed by atoms with Crippen LogP contribution in [0, 0.1) is 0 Å². The van der Waals surface area contributed by atoms with E-state index in [2.05, 4.69) is 15.9 Å². The molecule has 0 amide bonds. The first-order valence-electron chi connectivity index (χ1n) is 5.83. The maximum Gasteiger partial charge on any atom is 0.195 e. The number of hydrogen-bond acceptors (Lipinski definition) is 4. The predicted octanol–water partition coefficient (Wildman–Crippen LogP) is 4.42. The third kappa shape index (κ3) is 3.71. The van der Waals surface area contributed by atoms with Crippen molar-refractivity contribution in [1.29, 1.82) is 0 Å². The summed E-state index contributed by atoms with van der Waals surface area (Å²) < 4.78 is 11.3. The Morgan fingerprint density at radius 1 is 1.15 bits per heavy atom. The fourth-order valence-corrected chi connectivity index (χ4v) is 2.93. The molecule has 1 aromatic carbocycles. The molecule has 3 nitrogen and oxygen atoms in total. The number of carbonyl (C=O) groups excluding carboxylic acids is 1. The largest absolute Gasteiger partial charge is 0.497 e. The summed E-state index contributed by atoms with van der Waals surface area (Å²) in [5.41, 5.74) is 0.852. The molecule has 1 aromatic heterocycles. The number of ether oxygens (including phenoxy) is 2. The zero-order chi connectivity index (χ0) is 14.5. The van der Waals surface area contributed by atoms with Gasteiger partial charge >= 0.3 is 0 Å². The van der Waals surface area contributed by atoms with Gasteiger partial charge in [0.25, 0.3) is 0 Å². The Labute approximate surface area is 130 Å². The van der Waals surface area contributed by atoms with E-state index in [1.54, 1.807) is 38.5 Å². The van der Waals surface area contributed by atoms with Crippen molar-refractivity contribution in [2.24, 2.45) is 0 Å². The summed E-state index contributed by atoms with van der Waals surface area (Å²) in [6, 6.07) is 9.14. The summed E-state index contributed by atoms with van der Waals surface area (Å²) in [6.07, 6.45) is 3.30. The Morgan fingerprint density at radius 3 is 2.30 bits per heavy atom. The number of rotatable bonds is 5. The lowest BCUT2D eigenvalue weighted by Gasteiger charge is -2.05. The smallest absolute Gasteiger partial charge is 0.195 e. The summed E-state index contributed by atoms with van der Waals surface area (Å²) in [7, 11) is 3.19. The predicted molar refractivity (Wildman–Crippen MR) is 84.9 cm³/mol. The van der Waals surface area contributed by atoms with E-state index in [1.807, 2.05) is 18.2 Å². The number of methoxy groups -OCH3 is 2. The fraction of sp³-hybridized carbons (Fsp3) is 0.133. The van der Waals surface area contributed by atoms with Gasteiger partial charge in [0.05, 0.1) is 22.9 Å². The maximum absolute atomic E-state index is 12.0. The Hall–Kier alpha value is -1.59. The lowest BCUT2D eigenvalue weighted by atomic mass is 10.1. The number of hydrogen-bond donors (Lipinski definition) is 0. The highest BCUT2D eigenvalue weighted by atomic mass is 79.9. The van der Waals surface area contributed by atoms with Crippen molar-refractivity contribution >= 4 is 39.1 Å². The van der Waals surface area contributed by atoms with Crippen LogP contribution in [-0.2, 0) is 0 Å². The van der Waals surface area contributed by atoms with Gasteiger partial charge in [0.15, 0.2) is 5.78 Å². The molecule has 104 valence electrons. The van der Waals surface area contributed by atoms with E-state index in [-0.39, 0.29) is 5.78 Å². The van der Waals surface area contributed by atoms with Gasteiger partial charge in [-0.25, -0.2) is 0 Å². The second kappa shape index (κ2) is 6.72. The number of benzene rings is 1. The number of halogens is 1. The van der Waals surface area contributed by atoms with Gasteiger partial charge in [-0.05, 0) is 51.8 Å². The summed E-state index contributed by atoms with van der Waals surface area (Å²) >= 11 is 4.76. The first kappa shape index (κ1) is 14.8. The van der Waals surface area contributed by atoms with E-state index >= 15 is 0 Å². The van der Waals surface area contributed by atoms with Crippen LogP contribution in [0.15, 0.2) is 40.2 Å². The van der Waals surface area contributed by atoms with Crippen LogP contribution in [-0.4, -0.2) is 20.0 Å².